The highest BCUT2D eigenvalue weighted by atomic mass is 16.3. The predicted molar refractivity (Wildman–Crippen MR) is 119 cm³/mol. The predicted octanol–water partition coefficient (Wildman–Crippen LogP) is 4.18. The van der Waals surface area contributed by atoms with Gasteiger partial charge >= 0.3 is 0 Å². The number of rotatable bonds is 6. The van der Waals surface area contributed by atoms with Crippen molar-refractivity contribution in [2.45, 2.75) is 19.6 Å². The molecule has 3 aromatic carbocycles. The molecule has 5 nitrogen and oxygen atoms in total. The summed E-state index contributed by atoms with van der Waals surface area (Å²) in [5.74, 6) is -0.568. The summed E-state index contributed by atoms with van der Waals surface area (Å²) in [6, 6.07) is 25.2. The fourth-order valence-corrected chi connectivity index (χ4v) is 3.49. The maximum Gasteiger partial charge on any atom is 0.273 e. The minimum absolute atomic E-state index is 0.528. The zero-order valence-corrected chi connectivity index (χ0v) is 16.7. The average Bonchev–Trinajstić information content (AvgIpc) is 3.13. The lowest BCUT2D eigenvalue weighted by Crippen LogP contribution is -2.25. The van der Waals surface area contributed by atoms with Gasteiger partial charge in [0.2, 0.25) is 0 Å². The Morgan fingerprint density at radius 1 is 1.03 bits per heavy atom. The fraction of sp³-hybridized carbons (Fsp3) is 0.120. The van der Waals surface area contributed by atoms with Crippen LogP contribution in [0, 0.1) is 6.92 Å². The molecular formula is C25H23N3O2. The summed E-state index contributed by atoms with van der Waals surface area (Å²) in [6.07, 6.45) is 2.39. The lowest BCUT2D eigenvalue weighted by Gasteiger charge is -2.08. The van der Waals surface area contributed by atoms with Gasteiger partial charge in [-0.05, 0) is 29.7 Å². The van der Waals surface area contributed by atoms with E-state index in [1.165, 1.54) is 11.1 Å². The quantitative estimate of drug-likeness (QED) is 0.379. The van der Waals surface area contributed by atoms with Gasteiger partial charge in [-0.15, -0.1) is 0 Å². The van der Waals surface area contributed by atoms with Crippen LogP contribution in [0.25, 0.3) is 10.9 Å². The molecule has 0 bridgehead atoms. The summed E-state index contributed by atoms with van der Waals surface area (Å²) in [7, 11) is 0. The van der Waals surface area contributed by atoms with Crippen LogP contribution < -0.4 is 5.43 Å². The van der Waals surface area contributed by atoms with Crippen molar-refractivity contribution in [3.63, 3.8) is 0 Å². The molecule has 0 saturated carbocycles. The van der Waals surface area contributed by atoms with E-state index >= 15 is 0 Å². The standard InChI is InChI=1S/C25H23N3O2/c1-18-9-5-6-12-20(18)16-28-17-21(22-13-7-8-14-23(22)28)15-26-27-25(30)24(29)19-10-3-2-4-11-19/h2-15,17,24,29H,16H2,1H3,(H,27,30)/b26-15-/t24-/m1/s1. The topological polar surface area (TPSA) is 66.6 Å². The van der Waals surface area contributed by atoms with E-state index in [1.54, 1.807) is 30.5 Å². The molecule has 0 unspecified atom stereocenters. The molecule has 0 fully saturated rings. The first-order valence-electron chi connectivity index (χ1n) is 9.82. The molecule has 2 N–H and O–H groups in total. The van der Waals surface area contributed by atoms with Crippen molar-refractivity contribution in [1.29, 1.82) is 0 Å². The Balaban J connectivity index is 1.54. The van der Waals surface area contributed by atoms with Crippen LogP contribution in [0.4, 0.5) is 0 Å². The van der Waals surface area contributed by atoms with Gasteiger partial charge in [0.05, 0.1) is 6.21 Å². The Morgan fingerprint density at radius 2 is 1.73 bits per heavy atom. The van der Waals surface area contributed by atoms with Crippen LogP contribution in [0.5, 0.6) is 0 Å². The molecule has 4 rings (SSSR count). The lowest BCUT2D eigenvalue weighted by atomic mass is 10.1. The van der Waals surface area contributed by atoms with Crippen LogP contribution >= 0.6 is 0 Å². The van der Waals surface area contributed by atoms with Crippen LogP contribution in [0.3, 0.4) is 0 Å². The molecule has 0 radical (unpaired) electrons. The van der Waals surface area contributed by atoms with E-state index in [9.17, 15) is 9.90 Å². The first-order valence-corrected chi connectivity index (χ1v) is 9.82. The Kier molecular flexibility index (Phi) is 5.72. The number of carbonyl (C=O) groups excluding carboxylic acids is 1. The summed E-state index contributed by atoms with van der Waals surface area (Å²) in [5, 5.41) is 15.3. The van der Waals surface area contributed by atoms with E-state index in [1.807, 2.05) is 42.6 Å². The Hall–Kier alpha value is -3.70. The molecule has 1 aromatic heterocycles. The molecule has 0 spiro atoms. The second kappa shape index (κ2) is 8.76. The van der Waals surface area contributed by atoms with Crippen LogP contribution in [-0.4, -0.2) is 21.8 Å². The van der Waals surface area contributed by atoms with Gasteiger partial charge in [0, 0.05) is 29.2 Å². The largest absolute Gasteiger partial charge is 0.378 e. The maximum absolute atomic E-state index is 12.2. The molecule has 5 heteroatoms. The number of benzene rings is 3. The number of hydrogen-bond donors (Lipinski definition) is 2. The normalized spacial score (nSPS) is 12.3. The van der Waals surface area contributed by atoms with Crippen molar-refractivity contribution >= 4 is 23.0 Å². The van der Waals surface area contributed by atoms with Crippen molar-refractivity contribution in [3.05, 3.63) is 107 Å². The first kappa shape index (κ1) is 19.6. The van der Waals surface area contributed by atoms with Crippen LogP contribution in [0.15, 0.2) is 90.2 Å². The zero-order valence-electron chi connectivity index (χ0n) is 16.7. The van der Waals surface area contributed by atoms with Gasteiger partial charge in [-0.1, -0.05) is 72.8 Å². The second-order valence-electron chi connectivity index (χ2n) is 7.20. The van der Waals surface area contributed by atoms with E-state index in [2.05, 4.69) is 40.2 Å². The molecule has 0 saturated heterocycles. The highest BCUT2D eigenvalue weighted by Gasteiger charge is 2.16. The summed E-state index contributed by atoms with van der Waals surface area (Å²) in [4.78, 5) is 12.2. The third kappa shape index (κ3) is 4.16. The highest BCUT2D eigenvalue weighted by Crippen LogP contribution is 2.22. The second-order valence-corrected chi connectivity index (χ2v) is 7.20. The number of hydrogen-bond acceptors (Lipinski definition) is 3. The van der Waals surface area contributed by atoms with Crippen LogP contribution in [-0.2, 0) is 11.3 Å². The van der Waals surface area contributed by atoms with Gasteiger partial charge in [-0.3, -0.25) is 4.79 Å². The van der Waals surface area contributed by atoms with Crippen molar-refractivity contribution in [2.75, 3.05) is 0 Å². The van der Waals surface area contributed by atoms with Crippen molar-refractivity contribution < 1.29 is 9.90 Å². The van der Waals surface area contributed by atoms with Gasteiger partial charge in [-0.2, -0.15) is 5.10 Å². The molecule has 1 heterocycles. The fourth-order valence-electron chi connectivity index (χ4n) is 3.49. The molecule has 0 aliphatic rings. The van der Waals surface area contributed by atoms with E-state index in [0.717, 1.165) is 23.0 Å². The van der Waals surface area contributed by atoms with Gasteiger partial charge < -0.3 is 9.67 Å². The smallest absolute Gasteiger partial charge is 0.273 e. The molecular weight excluding hydrogens is 374 g/mol. The molecule has 1 amide bonds. The number of aryl methyl sites for hydroxylation is 1. The number of aliphatic hydroxyl groups is 1. The number of nitrogens with zero attached hydrogens (tertiary/aromatic N) is 2. The number of para-hydroxylation sites is 1. The van der Waals surface area contributed by atoms with Crippen LogP contribution in [0.2, 0.25) is 0 Å². The third-order valence-corrected chi connectivity index (χ3v) is 5.16. The first-order chi connectivity index (χ1) is 14.6. The van der Waals surface area contributed by atoms with Gasteiger partial charge in [0.15, 0.2) is 6.10 Å². The Bertz CT molecular complexity index is 1200. The minimum Gasteiger partial charge on any atom is -0.378 e. The van der Waals surface area contributed by atoms with Gasteiger partial charge in [-0.25, -0.2) is 5.43 Å². The number of carbonyl (C=O) groups is 1. The molecule has 0 aliphatic heterocycles. The summed E-state index contributed by atoms with van der Waals surface area (Å²) < 4.78 is 2.18. The number of fused-ring (bicyclic) bond motifs is 1. The maximum atomic E-state index is 12.2. The van der Waals surface area contributed by atoms with Crippen molar-refractivity contribution in [3.8, 4) is 0 Å². The van der Waals surface area contributed by atoms with Gasteiger partial charge in [0.25, 0.3) is 5.91 Å². The van der Waals surface area contributed by atoms with E-state index < -0.39 is 12.0 Å². The third-order valence-electron chi connectivity index (χ3n) is 5.16. The summed E-state index contributed by atoms with van der Waals surface area (Å²) >= 11 is 0. The minimum atomic E-state index is -1.26. The summed E-state index contributed by atoms with van der Waals surface area (Å²) in [6.45, 7) is 2.86. The van der Waals surface area contributed by atoms with E-state index in [0.29, 0.717) is 5.56 Å². The van der Waals surface area contributed by atoms with E-state index in [4.69, 9.17) is 0 Å². The molecule has 4 aromatic rings. The van der Waals surface area contributed by atoms with Crippen LogP contribution in [0.1, 0.15) is 28.4 Å². The molecule has 150 valence electrons. The number of amides is 1. The van der Waals surface area contributed by atoms with Crippen molar-refractivity contribution in [2.24, 2.45) is 5.10 Å². The molecule has 0 aliphatic carbocycles. The number of nitrogens with one attached hydrogen (secondary N) is 1. The lowest BCUT2D eigenvalue weighted by molar-refractivity contribution is -0.129. The number of aliphatic hydroxyl groups excluding tert-OH is 1. The SMILES string of the molecule is Cc1ccccc1Cn1cc(/C=N\NC(=O)[C@H](O)c2ccccc2)c2ccccc21. The van der Waals surface area contributed by atoms with Crippen molar-refractivity contribution in [1.82, 2.24) is 9.99 Å². The Labute approximate surface area is 175 Å². The highest BCUT2D eigenvalue weighted by molar-refractivity contribution is 5.99. The number of aromatic nitrogens is 1. The zero-order chi connectivity index (χ0) is 20.9. The monoisotopic (exact) mass is 397 g/mol. The number of hydrazone groups is 1. The summed E-state index contributed by atoms with van der Waals surface area (Å²) in [5.41, 5.74) is 7.45. The Morgan fingerprint density at radius 3 is 2.53 bits per heavy atom. The molecule has 30 heavy (non-hydrogen) atoms. The van der Waals surface area contributed by atoms with E-state index in [-0.39, 0.29) is 0 Å². The average molecular weight is 397 g/mol. The van der Waals surface area contributed by atoms with Gasteiger partial charge in [0.1, 0.15) is 0 Å². The molecule has 1 atom stereocenters.